The van der Waals surface area contributed by atoms with Crippen molar-refractivity contribution in [2.24, 2.45) is 5.41 Å². The largest absolute Gasteiger partial charge is 0.479 e. The van der Waals surface area contributed by atoms with Crippen LogP contribution in [0.1, 0.15) is 40.5 Å². The zero-order chi connectivity index (χ0) is 19.5. The number of carbonyl (C=O) groups is 2. The molecule has 2 rings (SSSR count). The minimum atomic E-state index is -1.45. The first-order valence-corrected chi connectivity index (χ1v) is 8.77. The first-order valence-electron chi connectivity index (χ1n) is 8.77. The summed E-state index contributed by atoms with van der Waals surface area (Å²) in [6, 6.07) is 5.79. The Balaban J connectivity index is 2.17. The van der Waals surface area contributed by atoms with Crippen LogP contribution in [0.4, 0.5) is 4.39 Å². The molecule has 0 spiro atoms. The molecule has 1 aliphatic rings. The van der Waals surface area contributed by atoms with E-state index in [1.807, 2.05) is 6.92 Å². The van der Waals surface area contributed by atoms with Crippen molar-refractivity contribution in [1.82, 2.24) is 5.32 Å². The van der Waals surface area contributed by atoms with Crippen LogP contribution < -0.4 is 10.1 Å². The summed E-state index contributed by atoms with van der Waals surface area (Å²) in [6.07, 6.45) is -0.822. The maximum absolute atomic E-state index is 13.8. The minimum absolute atomic E-state index is 0.0427. The summed E-state index contributed by atoms with van der Waals surface area (Å²) in [4.78, 5) is 24.6. The van der Waals surface area contributed by atoms with Gasteiger partial charge in [-0.3, -0.25) is 4.79 Å². The summed E-state index contributed by atoms with van der Waals surface area (Å²) in [5, 5.41) is 12.4. The zero-order valence-electron chi connectivity index (χ0n) is 15.5. The van der Waals surface area contributed by atoms with Gasteiger partial charge in [-0.15, -0.1) is 0 Å². The summed E-state index contributed by atoms with van der Waals surface area (Å²) in [5.74, 6) is -2.32. The third kappa shape index (κ3) is 3.40. The number of carboxylic acids is 1. The number of benzene rings is 1. The molecule has 144 valence electrons. The molecule has 0 saturated heterocycles. The van der Waals surface area contributed by atoms with Gasteiger partial charge in [0, 0.05) is 18.4 Å². The number of hydrogen-bond acceptors (Lipinski definition) is 4. The van der Waals surface area contributed by atoms with Crippen LogP contribution in [0.3, 0.4) is 0 Å². The molecule has 0 radical (unpaired) electrons. The molecule has 0 bridgehead atoms. The molecule has 1 fully saturated rings. The Kier molecular flexibility index (Phi) is 5.91. The van der Waals surface area contributed by atoms with E-state index in [1.165, 1.54) is 18.2 Å². The number of halogens is 1. The average Bonchev–Trinajstić information content (AvgIpc) is 2.59. The Hall–Kier alpha value is -2.15. The van der Waals surface area contributed by atoms with Crippen molar-refractivity contribution >= 4 is 11.9 Å². The van der Waals surface area contributed by atoms with E-state index in [2.05, 4.69) is 5.32 Å². The van der Waals surface area contributed by atoms with E-state index in [9.17, 15) is 19.1 Å². The van der Waals surface area contributed by atoms with Crippen molar-refractivity contribution in [3.8, 4) is 5.75 Å². The SMILES string of the molecule is CCOC1CC(NC(=O)C(CC)Oc2ccccc2F)(C(=O)O)C1(C)C. The predicted octanol–water partition coefficient (Wildman–Crippen LogP) is 2.76. The maximum atomic E-state index is 13.8. The average molecular weight is 367 g/mol. The topological polar surface area (TPSA) is 84.9 Å². The normalized spacial score (nSPS) is 25.0. The van der Waals surface area contributed by atoms with Crippen LogP contribution in [0, 0.1) is 11.2 Å². The standard InChI is InChI=1S/C19H26FNO5/c1-5-13(26-14-10-8-7-9-12(14)20)16(22)21-19(17(23)24)11-15(25-6-2)18(19,3)4/h7-10,13,15H,5-6,11H2,1-4H3,(H,21,22)(H,23,24). The first-order chi connectivity index (χ1) is 12.2. The summed E-state index contributed by atoms with van der Waals surface area (Å²) in [6.45, 7) is 7.53. The smallest absolute Gasteiger partial charge is 0.330 e. The molecule has 0 aliphatic heterocycles. The third-order valence-electron chi connectivity index (χ3n) is 5.24. The molecule has 1 aromatic carbocycles. The van der Waals surface area contributed by atoms with Gasteiger partial charge in [-0.25, -0.2) is 9.18 Å². The Labute approximate surface area is 152 Å². The van der Waals surface area contributed by atoms with Crippen molar-refractivity contribution in [1.29, 1.82) is 0 Å². The zero-order valence-corrected chi connectivity index (χ0v) is 15.5. The molecular weight excluding hydrogens is 341 g/mol. The van der Waals surface area contributed by atoms with Crippen LogP contribution in [-0.4, -0.2) is 41.3 Å². The second-order valence-corrected chi connectivity index (χ2v) is 7.01. The van der Waals surface area contributed by atoms with Gasteiger partial charge in [0.1, 0.15) is 5.54 Å². The molecule has 3 unspecified atom stereocenters. The van der Waals surface area contributed by atoms with Gasteiger partial charge in [-0.2, -0.15) is 0 Å². The van der Waals surface area contributed by atoms with Crippen LogP contribution in [0.5, 0.6) is 5.75 Å². The van der Waals surface area contributed by atoms with E-state index < -0.39 is 34.8 Å². The second-order valence-electron chi connectivity index (χ2n) is 7.01. The summed E-state index contributed by atoms with van der Waals surface area (Å²) >= 11 is 0. The number of hydrogen-bond donors (Lipinski definition) is 2. The van der Waals surface area contributed by atoms with E-state index in [1.54, 1.807) is 26.8 Å². The van der Waals surface area contributed by atoms with Crippen LogP contribution >= 0.6 is 0 Å². The lowest BCUT2D eigenvalue weighted by atomic mass is 9.54. The lowest BCUT2D eigenvalue weighted by Gasteiger charge is -2.58. The van der Waals surface area contributed by atoms with Gasteiger partial charge in [0.25, 0.3) is 5.91 Å². The third-order valence-corrected chi connectivity index (χ3v) is 5.24. The van der Waals surface area contributed by atoms with Gasteiger partial charge in [0.2, 0.25) is 0 Å². The van der Waals surface area contributed by atoms with Gasteiger partial charge in [0.15, 0.2) is 17.7 Å². The molecule has 2 N–H and O–H groups in total. The van der Waals surface area contributed by atoms with Crippen LogP contribution in [0.15, 0.2) is 24.3 Å². The highest BCUT2D eigenvalue weighted by molar-refractivity contribution is 5.91. The summed E-state index contributed by atoms with van der Waals surface area (Å²) in [7, 11) is 0. The molecule has 1 aromatic rings. The highest BCUT2D eigenvalue weighted by atomic mass is 19.1. The molecule has 1 saturated carbocycles. The summed E-state index contributed by atoms with van der Waals surface area (Å²) < 4.78 is 24.8. The highest BCUT2D eigenvalue weighted by Crippen LogP contribution is 2.51. The number of ether oxygens (including phenoxy) is 2. The van der Waals surface area contributed by atoms with Crippen molar-refractivity contribution in [3.63, 3.8) is 0 Å². The number of aliphatic carboxylic acids is 1. The van der Waals surface area contributed by atoms with Gasteiger partial charge < -0.3 is 19.9 Å². The van der Waals surface area contributed by atoms with Crippen molar-refractivity contribution in [2.75, 3.05) is 6.61 Å². The number of carbonyl (C=O) groups excluding carboxylic acids is 1. The fourth-order valence-corrected chi connectivity index (χ4v) is 3.34. The van der Waals surface area contributed by atoms with Crippen molar-refractivity contribution in [2.45, 2.75) is 58.3 Å². The van der Waals surface area contributed by atoms with Gasteiger partial charge in [0.05, 0.1) is 6.10 Å². The van der Waals surface area contributed by atoms with Crippen LogP contribution in [0.25, 0.3) is 0 Å². The molecule has 1 aliphatic carbocycles. The predicted molar refractivity (Wildman–Crippen MR) is 93.4 cm³/mol. The fraction of sp³-hybridized carbons (Fsp3) is 0.579. The lowest BCUT2D eigenvalue weighted by Crippen LogP contribution is -2.76. The van der Waals surface area contributed by atoms with Crippen LogP contribution in [0.2, 0.25) is 0 Å². The number of amides is 1. The van der Waals surface area contributed by atoms with Gasteiger partial charge in [-0.05, 0) is 25.5 Å². The quantitative estimate of drug-likeness (QED) is 0.738. The first kappa shape index (κ1) is 20.2. The lowest BCUT2D eigenvalue weighted by molar-refractivity contribution is -0.195. The maximum Gasteiger partial charge on any atom is 0.330 e. The molecule has 7 heteroatoms. The Morgan fingerprint density at radius 2 is 2.00 bits per heavy atom. The molecular formula is C19H26FNO5. The van der Waals surface area contributed by atoms with E-state index in [0.717, 1.165) is 0 Å². The molecule has 1 amide bonds. The van der Waals surface area contributed by atoms with Crippen LogP contribution in [-0.2, 0) is 14.3 Å². The van der Waals surface area contributed by atoms with E-state index in [4.69, 9.17) is 9.47 Å². The number of rotatable bonds is 8. The molecule has 0 heterocycles. The monoisotopic (exact) mass is 367 g/mol. The van der Waals surface area contributed by atoms with Crippen molar-refractivity contribution < 1.29 is 28.6 Å². The molecule has 6 nitrogen and oxygen atoms in total. The Bertz CT molecular complexity index is 678. The number of para-hydroxylation sites is 1. The fourth-order valence-electron chi connectivity index (χ4n) is 3.34. The van der Waals surface area contributed by atoms with Gasteiger partial charge >= 0.3 is 5.97 Å². The van der Waals surface area contributed by atoms with E-state index in [0.29, 0.717) is 6.61 Å². The highest BCUT2D eigenvalue weighted by Gasteiger charge is 2.66. The Morgan fingerprint density at radius 3 is 2.50 bits per heavy atom. The molecule has 26 heavy (non-hydrogen) atoms. The molecule has 3 atom stereocenters. The van der Waals surface area contributed by atoms with E-state index >= 15 is 0 Å². The second kappa shape index (κ2) is 7.61. The van der Waals surface area contributed by atoms with Crippen molar-refractivity contribution in [3.05, 3.63) is 30.1 Å². The van der Waals surface area contributed by atoms with Gasteiger partial charge in [-0.1, -0.05) is 32.9 Å². The molecule has 0 aromatic heterocycles. The Morgan fingerprint density at radius 1 is 1.35 bits per heavy atom. The number of nitrogens with one attached hydrogen (secondary N) is 1. The summed E-state index contributed by atoms with van der Waals surface area (Å²) in [5.41, 5.74) is -2.24. The van der Waals surface area contributed by atoms with E-state index in [-0.39, 0.29) is 24.7 Å². The minimum Gasteiger partial charge on any atom is -0.479 e. The number of carboxylic acid groups (broad SMARTS) is 1.